The lowest BCUT2D eigenvalue weighted by Gasteiger charge is -2.40. The lowest BCUT2D eigenvalue weighted by Crippen LogP contribution is -2.52. The van der Waals surface area contributed by atoms with Gasteiger partial charge in [-0.15, -0.1) is 6.42 Å². The first-order chi connectivity index (χ1) is 13.1. The molecule has 0 aromatic heterocycles. The van der Waals surface area contributed by atoms with E-state index in [1.165, 1.54) is 0 Å². The summed E-state index contributed by atoms with van der Waals surface area (Å²) in [7, 11) is -4.02. The van der Waals surface area contributed by atoms with Crippen LogP contribution >= 0.6 is 0 Å². The Hall–Kier alpha value is -0.816. The van der Waals surface area contributed by atoms with Gasteiger partial charge in [0.05, 0.1) is 6.04 Å². The van der Waals surface area contributed by atoms with Crippen LogP contribution in [0.4, 0.5) is 4.79 Å². The van der Waals surface area contributed by atoms with Crippen LogP contribution in [0, 0.1) is 12.3 Å². The molecule has 1 amide bonds. The molecule has 0 aliphatic rings. The quantitative estimate of drug-likeness (QED) is 0.342. The van der Waals surface area contributed by atoms with E-state index < -0.39 is 34.4 Å². The van der Waals surface area contributed by atoms with Gasteiger partial charge in [0.1, 0.15) is 11.7 Å². The van der Waals surface area contributed by atoms with E-state index in [-0.39, 0.29) is 16.1 Å². The Morgan fingerprint density at radius 2 is 1.40 bits per heavy atom. The average molecular weight is 458 g/mol. The molecule has 0 aromatic carbocycles. The standard InChI is InChI=1S/C23H47NO4Si2/c1-15-19(28-30(13,14)23(8,9)10)18(24-20(25)27-21(2,3)4)16-17-26-29(11,12)22(5,6)7/h1,18-19H,16-17H2,2-14H3,(H,24,25)/t18-,19+/m1/s1. The Kier molecular flexibility index (Phi) is 9.92. The number of alkyl carbamates (subject to hydrolysis) is 1. The van der Waals surface area contributed by atoms with Crippen molar-refractivity contribution >= 4 is 22.7 Å². The molecule has 1 N–H and O–H groups in total. The van der Waals surface area contributed by atoms with Crippen LogP contribution in [-0.2, 0) is 13.6 Å². The average Bonchev–Trinajstić information content (AvgIpc) is 2.47. The van der Waals surface area contributed by atoms with E-state index in [1.54, 1.807) is 0 Å². The monoisotopic (exact) mass is 457 g/mol. The van der Waals surface area contributed by atoms with Crippen LogP contribution in [0.1, 0.15) is 68.7 Å². The second-order valence-corrected chi connectivity index (χ2v) is 21.7. The Bertz CT molecular complexity index is 605. The molecule has 0 radical (unpaired) electrons. The Balaban J connectivity index is 5.50. The van der Waals surface area contributed by atoms with Crippen molar-refractivity contribution in [2.75, 3.05) is 6.61 Å². The lowest BCUT2D eigenvalue weighted by atomic mass is 10.1. The van der Waals surface area contributed by atoms with Crippen molar-refractivity contribution in [3.05, 3.63) is 0 Å². The maximum Gasteiger partial charge on any atom is 0.407 e. The minimum Gasteiger partial charge on any atom is -0.444 e. The van der Waals surface area contributed by atoms with Crippen molar-refractivity contribution in [1.82, 2.24) is 5.32 Å². The van der Waals surface area contributed by atoms with Crippen molar-refractivity contribution in [2.45, 2.75) is 123 Å². The summed E-state index contributed by atoms with van der Waals surface area (Å²) in [6, 6.07) is -0.385. The number of carbonyl (C=O) groups excluding carboxylic acids is 1. The minimum atomic E-state index is -2.12. The molecule has 30 heavy (non-hydrogen) atoms. The molecule has 0 aliphatic heterocycles. The molecular formula is C23H47NO4Si2. The second-order valence-electron chi connectivity index (χ2n) is 12.1. The molecule has 176 valence electrons. The summed E-state index contributed by atoms with van der Waals surface area (Å²) in [6.45, 7) is 27.9. The van der Waals surface area contributed by atoms with E-state index >= 15 is 0 Å². The van der Waals surface area contributed by atoms with Crippen LogP contribution in [0.5, 0.6) is 0 Å². The van der Waals surface area contributed by atoms with Gasteiger partial charge in [0.2, 0.25) is 0 Å². The zero-order valence-corrected chi connectivity index (χ0v) is 23.8. The first-order valence-electron chi connectivity index (χ1n) is 10.9. The molecule has 0 saturated carbocycles. The van der Waals surface area contributed by atoms with Crippen LogP contribution in [0.3, 0.4) is 0 Å². The summed E-state index contributed by atoms with van der Waals surface area (Å²) in [6.07, 6.45) is 5.41. The third-order valence-electron chi connectivity index (χ3n) is 6.16. The zero-order chi connectivity index (χ0) is 24.2. The molecule has 0 saturated heterocycles. The highest BCUT2D eigenvalue weighted by atomic mass is 28.4. The summed E-state index contributed by atoms with van der Waals surface area (Å²) in [5.41, 5.74) is -0.585. The lowest BCUT2D eigenvalue weighted by molar-refractivity contribution is 0.0451. The van der Waals surface area contributed by atoms with Gasteiger partial charge in [-0.25, -0.2) is 4.79 Å². The maximum absolute atomic E-state index is 12.5. The van der Waals surface area contributed by atoms with Gasteiger partial charge in [-0.05, 0) is 63.5 Å². The molecule has 0 rings (SSSR count). The molecule has 7 heteroatoms. The highest BCUT2D eigenvalue weighted by molar-refractivity contribution is 6.74. The number of terminal acetylenes is 1. The predicted molar refractivity (Wildman–Crippen MR) is 132 cm³/mol. The highest BCUT2D eigenvalue weighted by Crippen LogP contribution is 2.38. The van der Waals surface area contributed by atoms with E-state index in [1.807, 2.05) is 20.8 Å². The maximum atomic E-state index is 12.5. The van der Waals surface area contributed by atoms with E-state index in [4.69, 9.17) is 20.0 Å². The SMILES string of the molecule is C#C[C@H](O[Si](C)(C)C(C)(C)C)[C@@H](CCO[Si](C)(C)C(C)(C)C)NC(=O)OC(C)(C)C. The summed E-state index contributed by atoms with van der Waals surface area (Å²) in [5, 5.41) is 3.08. The fourth-order valence-electron chi connectivity index (χ4n) is 2.14. The smallest absolute Gasteiger partial charge is 0.407 e. The Morgan fingerprint density at radius 3 is 1.77 bits per heavy atom. The largest absolute Gasteiger partial charge is 0.444 e. The normalized spacial score (nSPS) is 15.9. The summed E-state index contributed by atoms with van der Waals surface area (Å²) >= 11 is 0. The Labute approximate surface area is 188 Å². The van der Waals surface area contributed by atoms with Gasteiger partial charge < -0.3 is 18.9 Å². The number of carbonyl (C=O) groups is 1. The summed E-state index contributed by atoms with van der Waals surface area (Å²) in [5.74, 6) is 2.77. The molecule has 0 unspecified atom stereocenters. The van der Waals surface area contributed by atoms with E-state index in [9.17, 15) is 4.79 Å². The number of amides is 1. The topological polar surface area (TPSA) is 56.8 Å². The molecule has 0 aromatic rings. The molecule has 5 nitrogen and oxygen atoms in total. The van der Waals surface area contributed by atoms with Crippen LogP contribution in [0.25, 0.3) is 0 Å². The zero-order valence-electron chi connectivity index (χ0n) is 21.8. The third-order valence-corrected chi connectivity index (χ3v) is 15.2. The minimum absolute atomic E-state index is 0.0101. The predicted octanol–water partition coefficient (Wildman–Crippen LogP) is 6.32. The van der Waals surface area contributed by atoms with Gasteiger partial charge in [-0.3, -0.25) is 0 Å². The highest BCUT2D eigenvalue weighted by Gasteiger charge is 2.41. The van der Waals surface area contributed by atoms with Crippen LogP contribution in [0.15, 0.2) is 0 Å². The molecule has 0 aliphatic carbocycles. The van der Waals surface area contributed by atoms with Gasteiger partial charge >= 0.3 is 6.09 Å². The number of nitrogens with one attached hydrogen (secondary N) is 1. The van der Waals surface area contributed by atoms with Crippen molar-refractivity contribution in [1.29, 1.82) is 0 Å². The van der Waals surface area contributed by atoms with Crippen molar-refractivity contribution in [3.63, 3.8) is 0 Å². The fourth-order valence-corrected chi connectivity index (χ4v) is 4.42. The van der Waals surface area contributed by atoms with E-state index in [2.05, 4.69) is 79.0 Å². The molecule has 0 fully saturated rings. The molecule has 2 atom stereocenters. The van der Waals surface area contributed by atoms with Gasteiger partial charge in [-0.1, -0.05) is 47.5 Å². The summed E-state index contributed by atoms with van der Waals surface area (Å²) in [4.78, 5) is 12.5. The van der Waals surface area contributed by atoms with Crippen molar-refractivity contribution in [2.24, 2.45) is 0 Å². The van der Waals surface area contributed by atoms with E-state index in [0.29, 0.717) is 13.0 Å². The second kappa shape index (κ2) is 10.2. The first kappa shape index (κ1) is 29.2. The molecular weight excluding hydrogens is 410 g/mol. The van der Waals surface area contributed by atoms with Crippen LogP contribution in [-0.4, -0.2) is 47.1 Å². The molecule has 0 bridgehead atoms. The molecule has 0 heterocycles. The van der Waals surface area contributed by atoms with Gasteiger partial charge in [0.15, 0.2) is 16.6 Å². The number of hydrogen-bond acceptors (Lipinski definition) is 4. The van der Waals surface area contributed by atoms with Crippen molar-refractivity contribution in [3.8, 4) is 12.3 Å². The number of hydrogen-bond donors (Lipinski definition) is 1. The number of rotatable bonds is 8. The van der Waals surface area contributed by atoms with Crippen LogP contribution in [0.2, 0.25) is 36.3 Å². The molecule has 0 spiro atoms. The van der Waals surface area contributed by atoms with Crippen molar-refractivity contribution < 1.29 is 18.4 Å². The van der Waals surface area contributed by atoms with Gasteiger partial charge in [0.25, 0.3) is 0 Å². The fraction of sp³-hybridized carbons (Fsp3) is 0.870. The first-order valence-corrected chi connectivity index (χ1v) is 16.7. The van der Waals surface area contributed by atoms with Gasteiger partial charge in [0, 0.05) is 6.61 Å². The van der Waals surface area contributed by atoms with E-state index in [0.717, 1.165) is 0 Å². The Morgan fingerprint density at radius 1 is 0.933 bits per heavy atom. The summed E-state index contributed by atoms with van der Waals surface area (Å²) < 4.78 is 18.3. The number of ether oxygens (including phenoxy) is 1. The van der Waals surface area contributed by atoms with Gasteiger partial charge in [-0.2, -0.15) is 0 Å². The third kappa shape index (κ3) is 9.55. The van der Waals surface area contributed by atoms with Crippen LogP contribution < -0.4 is 5.32 Å².